The Hall–Kier alpha value is -1.06. The van der Waals surface area contributed by atoms with Gasteiger partial charge in [-0.05, 0) is 50.6 Å². The highest BCUT2D eigenvalue weighted by Gasteiger charge is 2.31. The van der Waals surface area contributed by atoms with Gasteiger partial charge in [0.25, 0.3) is 0 Å². The molecule has 3 heteroatoms. The SMILES string of the molecule is CCOc1cccc(C2(O)CCNCC2)c1. The van der Waals surface area contributed by atoms with E-state index in [1.165, 1.54) is 0 Å². The molecule has 1 aliphatic rings. The summed E-state index contributed by atoms with van der Waals surface area (Å²) in [6.07, 6.45) is 1.53. The van der Waals surface area contributed by atoms with Crippen molar-refractivity contribution in [2.24, 2.45) is 0 Å². The van der Waals surface area contributed by atoms with E-state index in [-0.39, 0.29) is 0 Å². The quantitative estimate of drug-likeness (QED) is 0.815. The Morgan fingerprint density at radius 3 is 2.81 bits per heavy atom. The van der Waals surface area contributed by atoms with E-state index in [4.69, 9.17) is 4.74 Å². The number of rotatable bonds is 3. The fourth-order valence-electron chi connectivity index (χ4n) is 2.17. The molecule has 16 heavy (non-hydrogen) atoms. The van der Waals surface area contributed by atoms with E-state index in [2.05, 4.69) is 5.32 Å². The summed E-state index contributed by atoms with van der Waals surface area (Å²) in [6, 6.07) is 7.81. The lowest BCUT2D eigenvalue weighted by Gasteiger charge is -2.33. The third kappa shape index (κ3) is 2.36. The number of ether oxygens (including phenoxy) is 1. The molecule has 0 atom stereocenters. The molecule has 2 N–H and O–H groups in total. The molecule has 88 valence electrons. The van der Waals surface area contributed by atoms with Gasteiger partial charge in [-0.1, -0.05) is 12.1 Å². The minimum atomic E-state index is -0.682. The summed E-state index contributed by atoms with van der Waals surface area (Å²) in [5, 5.41) is 13.8. The van der Waals surface area contributed by atoms with Crippen LogP contribution in [0.1, 0.15) is 25.3 Å². The third-order valence-corrected chi connectivity index (χ3v) is 3.11. The van der Waals surface area contributed by atoms with Crippen molar-refractivity contribution in [3.8, 4) is 5.75 Å². The average molecular weight is 221 g/mol. The maximum atomic E-state index is 10.5. The second-order valence-corrected chi connectivity index (χ2v) is 4.24. The van der Waals surface area contributed by atoms with E-state index in [0.717, 1.165) is 37.2 Å². The van der Waals surface area contributed by atoms with E-state index in [0.29, 0.717) is 6.61 Å². The average Bonchev–Trinajstić information content (AvgIpc) is 2.31. The van der Waals surface area contributed by atoms with Crippen molar-refractivity contribution in [2.75, 3.05) is 19.7 Å². The minimum absolute atomic E-state index is 0.656. The van der Waals surface area contributed by atoms with Gasteiger partial charge in [-0.15, -0.1) is 0 Å². The summed E-state index contributed by atoms with van der Waals surface area (Å²) in [5.74, 6) is 0.840. The number of hydrogen-bond acceptors (Lipinski definition) is 3. The molecule has 1 aromatic rings. The van der Waals surface area contributed by atoms with Crippen molar-refractivity contribution < 1.29 is 9.84 Å². The van der Waals surface area contributed by atoms with Gasteiger partial charge in [0, 0.05) is 0 Å². The van der Waals surface area contributed by atoms with Gasteiger partial charge in [0.05, 0.1) is 12.2 Å². The topological polar surface area (TPSA) is 41.5 Å². The van der Waals surface area contributed by atoms with Crippen LogP contribution in [0.4, 0.5) is 0 Å². The van der Waals surface area contributed by atoms with Crippen molar-refractivity contribution in [3.63, 3.8) is 0 Å². The van der Waals surface area contributed by atoms with E-state index in [1.54, 1.807) is 0 Å². The zero-order chi connectivity index (χ0) is 11.4. The number of nitrogens with one attached hydrogen (secondary N) is 1. The van der Waals surface area contributed by atoms with Crippen molar-refractivity contribution >= 4 is 0 Å². The Morgan fingerprint density at radius 2 is 2.12 bits per heavy atom. The van der Waals surface area contributed by atoms with Gasteiger partial charge in [0.1, 0.15) is 5.75 Å². The van der Waals surface area contributed by atoms with Gasteiger partial charge in [-0.3, -0.25) is 0 Å². The van der Waals surface area contributed by atoms with Crippen molar-refractivity contribution in [2.45, 2.75) is 25.4 Å². The van der Waals surface area contributed by atoms with Crippen LogP contribution in [-0.4, -0.2) is 24.8 Å². The fourth-order valence-corrected chi connectivity index (χ4v) is 2.17. The van der Waals surface area contributed by atoms with Crippen LogP contribution in [0.5, 0.6) is 5.75 Å². The van der Waals surface area contributed by atoms with Gasteiger partial charge in [0.15, 0.2) is 0 Å². The van der Waals surface area contributed by atoms with Crippen LogP contribution in [-0.2, 0) is 5.60 Å². The summed E-state index contributed by atoms with van der Waals surface area (Å²) in [7, 11) is 0. The fraction of sp³-hybridized carbons (Fsp3) is 0.538. The van der Waals surface area contributed by atoms with Crippen LogP contribution in [0, 0.1) is 0 Å². The van der Waals surface area contributed by atoms with Crippen LogP contribution in [0.25, 0.3) is 0 Å². The first-order chi connectivity index (χ1) is 7.74. The molecule has 0 saturated carbocycles. The number of piperidine rings is 1. The highest BCUT2D eigenvalue weighted by atomic mass is 16.5. The first kappa shape index (κ1) is 11.4. The summed E-state index contributed by atoms with van der Waals surface area (Å²) in [5.41, 5.74) is 0.290. The molecule has 0 bridgehead atoms. The highest BCUT2D eigenvalue weighted by Crippen LogP contribution is 2.32. The number of aliphatic hydroxyl groups is 1. The summed E-state index contributed by atoms with van der Waals surface area (Å²) >= 11 is 0. The summed E-state index contributed by atoms with van der Waals surface area (Å²) in [4.78, 5) is 0. The number of hydrogen-bond donors (Lipinski definition) is 2. The Morgan fingerprint density at radius 1 is 1.38 bits per heavy atom. The smallest absolute Gasteiger partial charge is 0.119 e. The normalized spacial score (nSPS) is 19.4. The molecule has 1 aliphatic heterocycles. The monoisotopic (exact) mass is 221 g/mol. The number of benzene rings is 1. The molecule has 0 unspecified atom stereocenters. The molecule has 1 heterocycles. The summed E-state index contributed by atoms with van der Waals surface area (Å²) in [6.45, 7) is 4.36. The zero-order valence-electron chi connectivity index (χ0n) is 9.70. The van der Waals surface area contributed by atoms with Crippen LogP contribution < -0.4 is 10.1 Å². The molecule has 0 spiro atoms. The first-order valence-electron chi connectivity index (χ1n) is 5.91. The van der Waals surface area contributed by atoms with Crippen LogP contribution in [0.15, 0.2) is 24.3 Å². The molecule has 0 radical (unpaired) electrons. The molecule has 0 aromatic heterocycles. The molecular formula is C13H19NO2. The third-order valence-electron chi connectivity index (χ3n) is 3.11. The van der Waals surface area contributed by atoms with Gasteiger partial charge in [0.2, 0.25) is 0 Å². The maximum absolute atomic E-state index is 10.5. The molecule has 0 amide bonds. The minimum Gasteiger partial charge on any atom is -0.494 e. The standard InChI is InChI=1S/C13H19NO2/c1-2-16-12-5-3-4-11(10-12)13(15)6-8-14-9-7-13/h3-5,10,14-15H,2,6-9H2,1H3. The van der Waals surface area contributed by atoms with E-state index < -0.39 is 5.60 Å². The molecule has 2 rings (SSSR count). The van der Waals surface area contributed by atoms with Gasteiger partial charge < -0.3 is 15.2 Å². The lowest BCUT2D eigenvalue weighted by Crippen LogP contribution is -2.39. The predicted octanol–water partition coefficient (Wildman–Crippen LogP) is 1.66. The van der Waals surface area contributed by atoms with Crippen LogP contribution >= 0.6 is 0 Å². The second kappa shape index (κ2) is 4.85. The lowest BCUT2D eigenvalue weighted by atomic mass is 9.85. The van der Waals surface area contributed by atoms with Crippen molar-refractivity contribution in [1.82, 2.24) is 5.32 Å². The Bertz CT molecular complexity index is 346. The van der Waals surface area contributed by atoms with E-state index in [9.17, 15) is 5.11 Å². The highest BCUT2D eigenvalue weighted by molar-refractivity contribution is 5.32. The predicted molar refractivity (Wildman–Crippen MR) is 63.6 cm³/mol. The Labute approximate surface area is 96.4 Å². The second-order valence-electron chi connectivity index (χ2n) is 4.24. The van der Waals surface area contributed by atoms with Crippen molar-refractivity contribution in [3.05, 3.63) is 29.8 Å². The van der Waals surface area contributed by atoms with Crippen molar-refractivity contribution in [1.29, 1.82) is 0 Å². The van der Waals surface area contributed by atoms with E-state index >= 15 is 0 Å². The largest absolute Gasteiger partial charge is 0.494 e. The molecule has 1 saturated heterocycles. The summed E-state index contributed by atoms with van der Waals surface area (Å²) < 4.78 is 5.46. The van der Waals surface area contributed by atoms with Crippen LogP contribution in [0.3, 0.4) is 0 Å². The molecular weight excluding hydrogens is 202 g/mol. The Balaban J connectivity index is 2.21. The lowest BCUT2D eigenvalue weighted by molar-refractivity contribution is 0.00573. The van der Waals surface area contributed by atoms with Gasteiger partial charge >= 0.3 is 0 Å². The van der Waals surface area contributed by atoms with Gasteiger partial charge in [-0.25, -0.2) is 0 Å². The van der Waals surface area contributed by atoms with Crippen LogP contribution in [0.2, 0.25) is 0 Å². The first-order valence-corrected chi connectivity index (χ1v) is 5.91. The molecule has 1 aromatic carbocycles. The Kier molecular flexibility index (Phi) is 3.46. The maximum Gasteiger partial charge on any atom is 0.119 e. The molecule has 1 fully saturated rings. The van der Waals surface area contributed by atoms with Gasteiger partial charge in [-0.2, -0.15) is 0 Å². The molecule has 0 aliphatic carbocycles. The van der Waals surface area contributed by atoms with E-state index in [1.807, 2.05) is 31.2 Å². The zero-order valence-corrected chi connectivity index (χ0v) is 9.70. The molecule has 3 nitrogen and oxygen atoms in total.